The zero-order valence-corrected chi connectivity index (χ0v) is 14.6. The third-order valence-electron chi connectivity index (χ3n) is 2.62. The molecule has 18 heavy (non-hydrogen) atoms. The van der Waals surface area contributed by atoms with E-state index in [1.807, 2.05) is 30.3 Å². The predicted molar refractivity (Wildman–Crippen MR) is 90.6 cm³/mol. The van der Waals surface area contributed by atoms with Crippen LogP contribution in [-0.4, -0.2) is 0 Å². The molecule has 0 aliphatic carbocycles. The Labute approximate surface area is 139 Å². The fourth-order valence-corrected chi connectivity index (χ4v) is 3.45. The van der Waals surface area contributed by atoms with Crippen LogP contribution >= 0.6 is 61.7 Å². The molecule has 0 saturated carbocycles. The topological polar surface area (TPSA) is 0 Å². The van der Waals surface area contributed by atoms with E-state index in [1.54, 1.807) is 0 Å². The zero-order valence-electron chi connectivity index (χ0n) is 9.34. The Kier molecular flexibility index (Phi) is 5.36. The summed E-state index contributed by atoms with van der Waals surface area (Å²) in [5.41, 5.74) is 2.34. The Bertz CT molecular complexity index is 540. The van der Waals surface area contributed by atoms with E-state index in [1.165, 1.54) is 9.13 Å². The lowest BCUT2D eigenvalue weighted by molar-refractivity contribution is 0.913. The summed E-state index contributed by atoms with van der Waals surface area (Å²) >= 11 is 18.2. The molecule has 2 aromatic rings. The monoisotopic (exact) mass is 454 g/mol. The van der Waals surface area contributed by atoms with Crippen LogP contribution in [0, 0.1) is 3.57 Å². The summed E-state index contributed by atoms with van der Waals surface area (Å²) in [4.78, 5) is 0. The van der Waals surface area contributed by atoms with Gasteiger partial charge >= 0.3 is 0 Å². The third kappa shape index (κ3) is 3.86. The van der Waals surface area contributed by atoms with Crippen LogP contribution in [0.2, 0.25) is 5.02 Å². The Balaban J connectivity index is 2.18. The summed E-state index contributed by atoms with van der Waals surface area (Å²) in [5, 5.41) is 0.720. The molecule has 0 aliphatic rings. The predicted octanol–water partition coefficient (Wildman–Crippen LogP) is 6.23. The SMILES string of the molecule is Clc1ccc(CC(Cl)c2cc(Br)ccc2I)cc1. The first-order valence-electron chi connectivity index (χ1n) is 5.40. The minimum atomic E-state index is -0.0319. The lowest BCUT2D eigenvalue weighted by atomic mass is 10.0. The van der Waals surface area contributed by atoms with E-state index in [2.05, 4.69) is 50.7 Å². The lowest BCUT2D eigenvalue weighted by Gasteiger charge is -2.12. The molecule has 0 radical (unpaired) electrons. The van der Waals surface area contributed by atoms with Crippen molar-refractivity contribution < 1.29 is 0 Å². The van der Waals surface area contributed by atoms with Crippen LogP contribution in [-0.2, 0) is 6.42 Å². The van der Waals surface area contributed by atoms with E-state index in [4.69, 9.17) is 23.2 Å². The van der Waals surface area contributed by atoms with Gasteiger partial charge in [-0.05, 0) is 70.5 Å². The third-order valence-corrected chi connectivity index (χ3v) is 4.74. The molecule has 0 nitrogen and oxygen atoms in total. The minimum absolute atomic E-state index is 0.0319. The molecule has 0 bridgehead atoms. The first-order chi connectivity index (χ1) is 8.56. The molecule has 0 saturated heterocycles. The fraction of sp³-hybridized carbons (Fsp3) is 0.143. The molecule has 0 aliphatic heterocycles. The highest BCUT2D eigenvalue weighted by Crippen LogP contribution is 2.31. The van der Waals surface area contributed by atoms with Crippen LogP contribution in [0.5, 0.6) is 0 Å². The normalized spacial score (nSPS) is 12.4. The van der Waals surface area contributed by atoms with Crippen molar-refractivity contribution in [1.29, 1.82) is 0 Å². The molecule has 4 heteroatoms. The Morgan fingerprint density at radius 2 is 1.78 bits per heavy atom. The largest absolute Gasteiger partial charge is 0.117 e. The maximum Gasteiger partial charge on any atom is 0.0636 e. The van der Waals surface area contributed by atoms with Crippen molar-refractivity contribution in [3.05, 3.63) is 66.7 Å². The van der Waals surface area contributed by atoms with Crippen LogP contribution < -0.4 is 0 Å². The number of hydrogen-bond acceptors (Lipinski definition) is 0. The smallest absolute Gasteiger partial charge is 0.0636 e. The van der Waals surface area contributed by atoms with Crippen LogP contribution in [0.15, 0.2) is 46.9 Å². The Hall–Kier alpha value is 0.230. The van der Waals surface area contributed by atoms with Crippen LogP contribution in [0.4, 0.5) is 0 Å². The molecular formula is C14H10BrCl2I. The molecule has 0 amide bonds. The number of halogens is 4. The number of alkyl halides is 1. The van der Waals surface area contributed by atoms with Crippen molar-refractivity contribution in [3.8, 4) is 0 Å². The van der Waals surface area contributed by atoms with E-state index < -0.39 is 0 Å². The van der Waals surface area contributed by atoms with Gasteiger partial charge in [-0.15, -0.1) is 11.6 Å². The summed E-state index contributed by atoms with van der Waals surface area (Å²) in [6, 6.07) is 14.0. The second-order valence-corrected chi connectivity index (χ2v) is 7.01. The van der Waals surface area contributed by atoms with Gasteiger partial charge in [0.05, 0.1) is 5.38 Å². The van der Waals surface area contributed by atoms with Crippen molar-refractivity contribution in [2.45, 2.75) is 11.8 Å². The fourth-order valence-electron chi connectivity index (χ4n) is 1.69. The standard InChI is InChI=1S/C14H10BrCl2I/c15-10-3-6-14(18)12(8-10)13(17)7-9-1-4-11(16)5-2-9/h1-6,8,13H,7H2. The van der Waals surface area contributed by atoms with Gasteiger partial charge in [-0.1, -0.05) is 39.7 Å². The van der Waals surface area contributed by atoms with Crippen molar-refractivity contribution in [2.24, 2.45) is 0 Å². The maximum absolute atomic E-state index is 6.50. The maximum atomic E-state index is 6.50. The van der Waals surface area contributed by atoms with Gasteiger partial charge in [-0.2, -0.15) is 0 Å². The average Bonchev–Trinajstić information content (AvgIpc) is 2.35. The number of hydrogen-bond donors (Lipinski definition) is 0. The van der Waals surface area contributed by atoms with Gasteiger partial charge in [-0.3, -0.25) is 0 Å². The van der Waals surface area contributed by atoms with Crippen molar-refractivity contribution >= 4 is 61.7 Å². The molecule has 0 heterocycles. The molecule has 0 N–H and O–H groups in total. The van der Waals surface area contributed by atoms with E-state index in [0.29, 0.717) is 0 Å². The summed E-state index contributed by atoms with van der Waals surface area (Å²) in [5.74, 6) is 0. The molecular weight excluding hydrogens is 446 g/mol. The van der Waals surface area contributed by atoms with Gasteiger partial charge in [0.25, 0.3) is 0 Å². The quantitative estimate of drug-likeness (QED) is 0.380. The Morgan fingerprint density at radius 3 is 2.44 bits per heavy atom. The van der Waals surface area contributed by atoms with Crippen molar-refractivity contribution in [3.63, 3.8) is 0 Å². The molecule has 0 aromatic heterocycles. The van der Waals surface area contributed by atoms with E-state index >= 15 is 0 Å². The Morgan fingerprint density at radius 1 is 1.11 bits per heavy atom. The second kappa shape index (κ2) is 6.60. The van der Waals surface area contributed by atoms with Crippen molar-refractivity contribution in [1.82, 2.24) is 0 Å². The molecule has 2 aromatic carbocycles. The van der Waals surface area contributed by atoms with Gasteiger partial charge in [0.1, 0.15) is 0 Å². The highest BCUT2D eigenvalue weighted by molar-refractivity contribution is 14.1. The van der Waals surface area contributed by atoms with Crippen LogP contribution in [0.25, 0.3) is 0 Å². The van der Waals surface area contributed by atoms with Crippen LogP contribution in [0.1, 0.15) is 16.5 Å². The molecule has 0 fully saturated rings. The van der Waals surface area contributed by atoms with Gasteiger partial charge in [0.15, 0.2) is 0 Å². The highest BCUT2D eigenvalue weighted by Gasteiger charge is 2.12. The molecule has 0 spiro atoms. The van der Waals surface area contributed by atoms with Gasteiger partial charge < -0.3 is 0 Å². The minimum Gasteiger partial charge on any atom is -0.117 e. The molecule has 1 unspecified atom stereocenters. The first-order valence-corrected chi connectivity index (χ1v) is 8.08. The molecule has 94 valence electrons. The summed E-state index contributed by atoms with van der Waals surface area (Å²) < 4.78 is 2.24. The van der Waals surface area contributed by atoms with E-state index in [9.17, 15) is 0 Å². The summed E-state index contributed by atoms with van der Waals surface area (Å²) in [6.07, 6.45) is 0.797. The molecule has 2 rings (SSSR count). The van der Waals surface area contributed by atoms with Crippen LogP contribution in [0.3, 0.4) is 0 Å². The number of benzene rings is 2. The van der Waals surface area contributed by atoms with E-state index in [-0.39, 0.29) is 5.38 Å². The highest BCUT2D eigenvalue weighted by atomic mass is 127. The van der Waals surface area contributed by atoms with Gasteiger partial charge in [-0.25, -0.2) is 0 Å². The first kappa shape index (κ1) is 14.6. The zero-order chi connectivity index (χ0) is 13.1. The average molecular weight is 456 g/mol. The lowest BCUT2D eigenvalue weighted by Crippen LogP contribution is -1.98. The van der Waals surface area contributed by atoms with Gasteiger partial charge in [0.2, 0.25) is 0 Å². The summed E-state index contributed by atoms with van der Waals surface area (Å²) in [6.45, 7) is 0. The van der Waals surface area contributed by atoms with Crippen molar-refractivity contribution in [2.75, 3.05) is 0 Å². The van der Waals surface area contributed by atoms with E-state index in [0.717, 1.165) is 21.5 Å². The number of rotatable bonds is 3. The summed E-state index contributed by atoms with van der Waals surface area (Å²) in [7, 11) is 0. The van der Waals surface area contributed by atoms with Gasteiger partial charge in [0, 0.05) is 13.1 Å². The second-order valence-electron chi connectivity index (χ2n) is 3.96. The molecule has 1 atom stereocenters.